The number of benzene rings is 1. The Morgan fingerprint density at radius 1 is 1.52 bits per heavy atom. The number of rotatable bonds is 6. The summed E-state index contributed by atoms with van der Waals surface area (Å²) in [7, 11) is 0. The van der Waals surface area contributed by atoms with Gasteiger partial charge in [0.05, 0.1) is 15.8 Å². The molecule has 1 aliphatic carbocycles. The maximum absolute atomic E-state index is 12.3. The molecule has 1 aromatic carbocycles. The number of halogens is 2. The first-order valence-electron chi connectivity index (χ1n) is 6.89. The highest BCUT2D eigenvalue weighted by atomic mass is 35.5. The molecule has 21 heavy (non-hydrogen) atoms. The number of carbonyl (C=O) groups is 1. The van der Waals surface area contributed by atoms with Gasteiger partial charge in [0.2, 0.25) is 5.91 Å². The van der Waals surface area contributed by atoms with Gasteiger partial charge in [-0.25, -0.2) is 0 Å². The van der Waals surface area contributed by atoms with E-state index in [0.29, 0.717) is 17.5 Å². The van der Waals surface area contributed by atoms with Crippen LogP contribution in [0.15, 0.2) is 29.2 Å². The first-order chi connectivity index (χ1) is 9.46. The van der Waals surface area contributed by atoms with Crippen LogP contribution < -0.4 is 11.1 Å². The van der Waals surface area contributed by atoms with Gasteiger partial charge in [0.25, 0.3) is 0 Å². The highest BCUT2D eigenvalue weighted by Crippen LogP contribution is 2.39. The molecule has 0 aromatic heterocycles. The zero-order valence-corrected chi connectivity index (χ0v) is 14.7. The molecule has 1 aromatic rings. The van der Waals surface area contributed by atoms with E-state index in [4.69, 9.17) is 17.3 Å². The van der Waals surface area contributed by atoms with Gasteiger partial charge in [-0.05, 0) is 44.7 Å². The van der Waals surface area contributed by atoms with Crippen LogP contribution in [0.4, 0.5) is 0 Å². The molecule has 2 rings (SSSR count). The van der Waals surface area contributed by atoms with Crippen molar-refractivity contribution in [3.05, 3.63) is 29.3 Å². The van der Waals surface area contributed by atoms with Gasteiger partial charge in [0.15, 0.2) is 0 Å². The average molecular weight is 349 g/mol. The molecule has 118 valence electrons. The summed E-state index contributed by atoms with van der Waals surface area (Å²) in [4.78, 5) is 13.3. The summed E-state index contributed by atoms with van der Waals surface area (Å²) in [5.74, 6) is 0.545. The van der Waals surface area contributed by atoms with Gasteiger partial charge in [-0.3, -0.25) is 4.79 Å². The minimum absolute atomic E-state index is 0. The van der Waals surface area contributed by atoms with E-state index in [9.17, 15) is 4.79 Å². The van der Waals surface area contributed by atoms with Gasteiger partial charge < -0.3 is 11.1 Å². The minimum Gasteiger partial charge on any atom is -0.348 e. The fourth-order valence-corrected chi connectivity index (χ4v) is 3.36. The largest absolute Gasteiger partial charge is 0.348 e. The lowest BCUT2D eigenvalue weighted by Gasteiger charge is -2.30. The second-order valence-corrected chi connectivity index (χ2v) is 7.37. The third kappa shape index (κ3) is 4.78. The Morgan fingerprint density at radius 2 is 2.14 bits per heavy atom. The predicted molar refractivity (Wildman–Crippen MR) is 92.3 cm³/mol. The maximum Gasteiger partial charge on any atom is 0.233 e. The van der Waals surface area contributed by atoms with Gasteiger partial charge in [0, 0.05) is 11.4 Å². The molecule has 1 fully saturated rings. The smallest absolute Gasteiger partial charge is 0.233 e. The summed E-state index contributed by atoms with van der Waals surface area (Å²) in [5.41, 5.74) is 5.56. The molecule has 1 aliphatic rings. The molecular weight excluding hydrogens is 327 g/mol. The normalized spacial score (nSPS) is 18.3. The van der Waals surface area contributed by atoms with Crippen molar-refractivity contribution < 1.29 is 4.79 Å². The van der Waals surface area contributed by atoms with Crippen molar-refractivity contribution in [2.45, 2.75) is 42.4 Å². The Kier molecular flexibility index (Phi) is 6.85. The molecule has 1 saturated carbocycles. The van der Waals surface area contributed by atoms with E-state index in [1.165, 1.54) is 11.8 Å². The second-order valence-electron chi connectivity index (χ2n) is 5.58. The van der Waals surface area contributed by atoms with Crippen molar-refractivity contribution in [3.8, 4) is 0 Å². The molecule has 3 nitrogen and oxygen atoms in total. The summed E-state index contributed by atoms with van der Waals surface area (Å²) in [6, 6.07) is 7.57. The van der Waals surface area contributed by atoms with E-state index in [1.54, 1.807) is 0 Å². The van der Waals surface area contributed by atoms with E-state index in [1.807, 2.05) is 38.1 Å². The van der Waals surface area contributed by atoms with Crippen LogP contribution >= 0.6 is 35.8 Å². The molecule has 0 bridgehead atoms. The summed E-state index contributed by atoms with van der Waals surface area (Å²) in [6.07, 6.45) is 2.31. The summed E-state index contributed by atoms with van der Waals surface area (Å²) in [5, 5.41) is 3.60. The summed E-state index contributed by atoms with van der Waals surface area (Å²) in [6.45, 7) is 4.41. The molecule has 0 radical (unpaired) electrons. The summed E-state index contributed by atoms with van der Waals surface area (Å²) < 4.78 is 0. The monoisotopic (exact) mass is 348 g/mol. The van der Waals surface area contributed by atoms with Crippen LogP contribution in [0.3, 0.4) is 0 Å². The molecule has 0 heterocycles. The van der Waals surface area contributed by atoms with Crippen molar-refractivity contribution >= 4 is 41.7 Å². The van der Waals surface area contributed by atoms with Crippen molar-refractivity contribution in [3.63, 3.8) is 0 Å². The van der Waals surface area contributed by atoms with Gasteiger partial charge in [-0.15, -0.1) is 24.2 Å². The lowest BCUT2D eigenvalue weighted by molar-refractivity contribution is -0.122. The number of hydrogen-bond donors (Lipinski definition) is 2. The zero-order valence-electron chi connectivity index (χ0n) is 12.3. The topological polar surface area (TPSA) is 55.1 Å². The van der Waals surface area contributed by atoms with E-state index in [2.05, 4.69) is 5.32 Å². The van der Waals surface area contributed by atoms with E-state index >= 15 is 0 Å². The Labute approximate surface area is 141 Å². The SMILES string of the molecule is CC(Sc1ccccc1Cl)C(=O)NC(C)(CN)C1CC1.Cl. The Balaban J connectivity index is 0.00000220. The van der Waals surface area contributed by atoms with Crippen molar-refractivity contribution in [2.75, 3.05) is 6.54 Å². The quantitative estimate of drug-likeness (QED) is 0.773. The predicted octanol–water partition coefficient (Wildman–Crippen LogP) is 3.49. The highest BCUT2D eigenvalue weighted by molar-refractivity contribution is 8.00. The molecule has 0 saturated heterocycles. The molecule has 6 heteroatoms. The molecule has 1 amide bonds. The number of nitrogens with two attached hydrogens (primary N) is 1. The molecular formula is C15H22Cl2N2OS. The Bertz CT molecular complexity index is 496. The van der Waals surface area contributed by atoms with Crippen LogP contribution in [0.5, 0.6) is 0 Å². The van der Waals surface area contributed by atoms with Crippen LogP contribution in [-0.4, -0.2) is 23.2 Å². The van der Waals surface area contributed by atoms with Gasteiger partial charge in [-0.2, -0.15) is 0 Å². The van der Waals surface area contributed by atoms with Gasteiger partial charge in [-0.1, -0.05) is 23.7 Å². The van der Waals surface area contributed by atoms with E-state index in [-0.39, 0.29) is 29.1 Å². The fraction of sp³-hybridized carbons (Fsp3) is 0.533. The number of carbonyl (C=O) groups excluding carboxylic acids is 1. The minimum atomic E-state index is -0.271. The number of thioether (sulfide) groups is 1. The standard InChI is InChI=1S/C15H21ClN2OS.ClH/c1-10(20-13-6-4-3-5-12(13)16)14(19)18-15(2,9-17)11-7-8-11;/h3-6,10-11H,7-9,17H2,1-2H3,(H,18,19);1H. The van der Waals surface area contributed by atoms with Crippen molar-refractivity contribution in [1.82, 2.24) is 5.32 Å². The molecule has 0 aliphatic heterocycles. The molecule has 2 atom stereocenters. The zero-order chi connectivity index (χ0) is 14.8. The van der Waals surface area contributed by atoms with E-state index < -0.39 is 0 Å². The number of hydrogen-bond acceptors (Lipinski definition) is 3. The van der Waals surface area contributed by atoms with Crippen LogP contribution in [0.1, 0.15) is 26.7 Å². The maximum atomic E-state index is 12.3. The molecule has 3 N–H and O–H groups in total. The first-order valence-corrected chi connectivity index (χ1v) is 8.15. The Hall–Kier alpha value is -0.420. The van der Waals surface area contributed by atoms with Crippen LogP contribution in [0.25, 0.3) is 0 Å². The number of nitrogens with one attached hydrogen (secondary N) is 1. The number of amides is 1. The van der Waals surface area contributed by atoms with Crippen LogP contribution in [0, 0.1) is 5.92 Å². The third-order valence-electron chi connectivity index (χ3n) is 3.82. The molecule has 2 unspecified atom stereocenters. The summed E-state index contributed by atoms with van der Waals surface area (Å²) >= 11 is 7.60. The third-order valence-corrected chi connectivity index (χ3v) is 5.44. The fourth-order valence-electron chi connectivity index (χ4n) is 2.21. The highest BCUT2D eigenvalue weighted by Gasteiger charge is 2.42. The average Bonchev–Trinajstić information content (AvgIpc) is 3.26. The Morgan fingerprint density at radius 3 is 2.67 bits per heavy atom. The first kappa shape index (κ1) is 18.6. The van der Waals surface area contributed by atoms with Gasteiger partial charge in [0.1, 0.15) is 0 Å². The van der Waals surface area contributed by atoms with E-state index in [0.717, 1.165) is 17.7 Å². The van der Waals surface area contributed by atoms with Gasteiger partial charge >= 0.3 is 0 Å². The second kappa shape index (κ2) is 7.73. The lowest BCUT2D eigenvalue weighted by atomic mass is 9.96. The molecule has 0 spiro atoms. The van der Waals surface area contributed by atoms with Crippen LogP contribution in [-0.2, 0) is 4.79 Å². The van der Waals surface area contributed by atoms with Crippen molar-refractivity contribution in [1.29, 1.82) is 0 Å². The lowest BCUT2D eigenvalue weighted by Crippen LogP contribution is -2.54. The van der Waals surface area contributed by atoms with Crippen molar-refractivity contribution in [2.24, 2.45) is 11.7 Å². The van der Waals surface area contributed by atoms with Crippen LogP contribution in [0.2, 0.25) is 5.02 Å².